The maximum atomic E-state index is 7.88. The molecule has 0 saturated carbocycles. The number of hydrogen-bond donors (Lipinski definition) is 2. The van der Waals surface area contributed by atoms with Crippen LogP contribution >= 0.6 is 0 Å². The van der Waals surface area contributed by atoms with Crippen molar-refractivity contribution in [3.63, 3.8) is 0 Å². The molecule has 0 aromatic heterocycles. The molecule has 1 atom stereocenters. The van der Waals surface area contributed by atoms with E-state index in [1.165, 1.54) is 18.2 Å². The molecule has 1 aromatic carbocycles. The largest absolute Gasteiger partial charge is 0.387 e. The number of amidine groups is 1. The Hall–Kier alpha value is -1.84. The van der Waals surface area contributed by atoms with Crippen LogP contribution in [0.1, 0.15) is 16.6 Å². The zero-order valence-corrected chi connectivity index (χ0v) is 8.57. The summed E-state index contributed by atoms with van der Waals surface area (Å²) < 4.78 is 23.0. The molecule has 0 fully saturated rings. The monoisotopic (exact) mass is 207 g/mol. The Bertz CT molecular complexity index is 481. The van der Waals surface area contributed by atoms with Crippen molar-refractivity contribution in [2.45, 2.75) is 13.3 Å². The Balaban J connectivity index is 2.80. The van der Waals surface area contributed by atoms with Crippen LogP contribution < -0.4 is 11.5 Å². The highest BCUT2D eigenvalue weighted by Gasteiger charge is 1.91. The predicted molar refractivity (Wildman–Crippen MR) is 63.9 cm³/mol. The zero-order valence-electron chi connectivity index (χ0n) is 11.6. The maximum absolute atomic E-state index is 7.88. The second-order valence-corrected chi connectivity index (χ2v) is 2.90. The molecule has 80 valence electrons. The lowest BCUT2D eigenvalue weighted by Crippen LogP contribution is -2.16. The molecule has 0 aliphatic rings. The van der Waals surface area contributed by atoms with E-state index in [1.807, 2.05) is 0 Å². The zero-order chi connectivity index (χ0) is 13.7. The van der Waals surface area contributed by atoms with Gasteiger partial charge in [-0.3, -0.25) is 4.99 Å². The van der Waals surface area contributed by atoms with E-state index < -0.39 is 6.40 Å². The van der Waals surface area contributed by atoms with E-state index >= 15 is 0 Å². The molecular weight excluding hydrogens is 188 g/mol. The van der Waals surface area contributed by atoms with Crippen molar-refractivity contribution >= 4 is 11.8 Å². The van der Waals surface area contributed by atoms with Gasteiger partial charge in [0.1, 0.15) is 0 Å². The molecule has 4 heteroatoms. The van der Waals surface area contributed by atoms with Gasteiger partial charge in [-0.25, -0.2) is 4.99 Å². The third-order valence-electron chi connectivity index (χ3n) is 1.52. The van der Waals surface area contributed by atoms with Gasteiger partial charge in [-0.15, -0.1) is 0 Å². The summed E-state index contributed by atoms with van der Waals surface area (Å²) >= 11 is 0. The number of guanidine groups is 1. The van der Waals surface area contributed by atoms with Gasteiger partial charge in [-0.05, 0) is 18.9 Å². The molecule has 0 radical (unpaired) electrons. The normalized spacial score (nSPS) is 17.8. The quantitative estimate of drug-likeness (QED) is 0.571. The third kappa shape index (κ3) is 4.81. The van der Waals surface area contributed by atoms with Gasteiger partial charge in [0.2, 0.25) is 5.96 Å². The Kier molecular flexibility index (Phi) is 2.88. The highest BCUT2D eigenvalue weighted by atomic mass is 15.1. The lowest BCUT2D eigenvalue weighted by atomic mass is 10.2. The summed E-state index contributed by atoms with van der Waals surface area (Å²) in [6.45, 7) is 1.67. The number of aliphatic imine (C=N–C) groups is 2. The summed E-state index contributed by atoms with van der Waals surface area (Å²) in [6.07, 6.45) is -0.741. The summed E-state index contributed by atoms with van der Waals surface area (Å²) in [5, 5.41) is 0. The fourth-order valence-corrected chi connectivity index (χ4v) is 0.937. The minimum Gasteiger partial charge on any atom is -0.387 e. The Morgan fingerprint density at radius 1 is 1.53 bits per heavy atom. The molecule has 0 aliphatic heterocycles. The van der Waals surface area contributed by atoms with Crippen LogP contribution in [0.2, 0.25) is 0 Å². The van der Waals surface area contributed by atoms with Crippen molar-refractivity contribution in [3.05, 3.63) is 35.8 Å². The second kappa shape index (κ2) is 5.80. The van der Waals surface area contributed by atoms with Gasteiger partial charge < -0.3 is 11.5 Å². The fourth-order valence-electron chi connectivity index (χ4n) is 0.937. The van der Waals surface area contributed by atoms with E-state index in [0.29, 0.717) is 11.4 Å². The Labute approximate surface area is 93.9 Å². The first-order valence-corrected chi connectivity index (χ1v) is 4.50. The molecule has 0 amide bonds. The molecule has 0 spiro atoms. The van der Waals surface area contributed by atoms with Crippen LogP contribution in [0.25, 0.3) is 0 Å². The van der Waals surface area contributed by atoms with Gasteiger partial charge in [0.05, 0.1) is 8.58 Å². The average Bonchev–Trinajstić information content (AvgIpc) is 2.28. The minimum absolute atomic E-state index is 0.0146. The molecule has 1 rings (SSSR count). The van der Waals surface area contributed by atoms with Gasteiger partial charge in [0.25, 0.3) is 0 Å². The van der Waals surface area contributed by atoms with Crippen LogP contribution in [0.15, 0.2) is 40.3 Å². The number of benzene rings is 1. The molecule has 1 unspecified atom stereocenters. The van der Waals surface area contributed by atoms with Crippen LogP contribution in [-0.4, -0.2) is 18.3 Å². The first-order chi connectivity index (χ1) is 8.40. The van der Waals surface area contributed by atoms with Crippen molar-refractivity contribution in [1.29, 1.82) is 0 Å². The summed E-state index contributed by atoms with van der Waals surface area (Å²) in [4.78, 5) is 7.64. The summed E-state index contributed by atoms with van der Waals surface area (Å²) in [7, 11) is 0. The molecular formula is C11H16N4. The van der Waals surface area contributed by atoms with E-state index in [9.17, 15) is 0 Å². The standard InChI is InChI=1S/C11H16N4/c1-9(12)15-11(13)14-8-7-10-5-3-2-4-6-10/h2-6H,7-8H2,1H3,(H4,12,13,14,15)/i3D,6D,7D. The molecule has 0 saturated heterocycles. The minimum atomic E-state index is -0.741. The lowest BCUT2D eigenvalue weighted by molar-refractivity contribution is 0.962. The van der Waals surface area contributed by atoms with Gasteiger partial charge in [-0.2, -0.15) is 0 Å². The van der Waals surface area contributed by atoms with E-state index in [2.05, 4.69) is 9.98 Å². The highest BCUT2D eigenvalue weighted by Crippen LogP contribution is 1.99. The number of nitrogens with zero attached hydrogens (tertiary/aromatic N) is 2. The van der Waals surface area contributed by atoms with E-state index in [4.69, 9.17) is 15.6 Å². The maximum Gasteiger partial charge on any atom is 0.216 e. The van der Waals surface area contributed by atoms with Crippen molar-refractivity contribution in [3.8, 4) is 0 Å². The summed E-state index contributed by atoms with van der Waals surface area (Å²) in [6, 6.07) is 4.99. The lowest BCUT2D eigenvalue weighted by Gasteiger charge is -1.97. The molecule has 0 aliphatic carbocycles. The number of hydrogen-bond acceptors (Lipinski definition) is 1. The average molecular weight is 207 g/mol. The predicted octanol–water partition coefficient (Wildman–Crippen LogP) is 0.921. The third-order valence-corrected chi connectivity index (χ3v) is 1.52. The van der Waals surface area contributed by atoms with Crippen molar-refractivity contribution in [2.24, 2.45) is 21.5 Å². The Morgan fingerprint density at radius 2 is 2.33 bits per heavy atom. The molecule has 4 nitrogen and oxygen atoms in total. The van der Waals surface area contributed by atoms with E-state index in [-0.39, 0.29) is 24.6 Å². The van der Waals surface area contributed by atoms with Crippen molar-refractivity contribution < 1.29 is 4.11 Å². The van der Waals surface area contributed by atoms with Crippen LogP contribution in [0.4, 0.5) is 0 Å². The summed E-state index contributed by atoms with van der Waals surface area (Å²) in [5.41, 5.74) is 11.3. The van der Waals surface area contributed by atoms with Gasteiger partial charge in [0, 0.05) is 7.92 Å². The molecule has 1 aromatic rings. The Morgan fingerprint density at radius 3 is 3.07 bits per heavy atom. The van der Waals surface area contributed by atoms with Gasteiger partial charge in [0.15, 0.2) is 0 Å². The number of rotatable bonds is 3. The first kappa shape index (κ1) is 7.45. The SMILES string of the molecule is [2H]c1ccc([2H])c(C([2H])CN=C(N)N=C(C)N)c1. The van der Waals surface area contributed by atoms with Gasteiger partial charge in [-0.1, -0.05) is 30.3 Å². The van der Waals surface area contributed by atoms with Gasteiger partial charge >= 0.3 is 0 Å². The van der Waals surface area contributed by atoms with Crippen LogP contribution in [0.3, 0.4) is 0 Å². The van der Waals surface area contributed by atoms with Crippen LogP contribution in [-0.2, 0) is 6.40 Å². The topological polar surface area (TPSA) is 76.8 Å². The molecule has 4 N–H and O–H groups in total. The fraction of sp³-hybridized carbons (Fsp3) is 0.273. The summed E-state index contributed by atoms with van der Waals surface area (Å²) in [5.74, 6) is 0.313. The second-order valence-electron chi connectivity index (χ2n) is 2.90. The van der Waals surface area contributed by atoms with Crippen LogP contribution in [0, 0.1) is 0 Å². The first-order valence-electron chi connectivity index (χ1n) is 6.08. The highest BCUT2D eigenvalue weighted by molar-refractivity contribution is 5.93. The molecule has 0 bridgehead atoms. The number of nitrogens with two attached hydrogens (primary N) is 2. The molecule has 15 heavy (non-hydrogen) atoms. The van der Waals surface area contributed by atoms with Crippen molar-refractivity contribution in [1.82, 2.24) is 0 Å². The van der Waals surface area contributed by atoms with E-state index in [1.54, 1.807) is 6.92 Å². The van der Waals surface area contributed by atoms with Crippen molar-refractivity contribution in [2.75, 3.05) is 6.54 Å². The molecule has 0 heterocycles. The smallest absolute Gasteiger partial charge is 0.216 e. The van der Waals surface area contributed by atoms with Crippen LogP contribution in [0.5, 0.6) is 0 Å². The van der Waals surface area contributed by atoms with E-state index in [0.717, 1.165) is 0 Å².